The Labute approximate surface area is 84.0 Å². The van der Waals surface area contributed by atoms with E-state index in [4.69, 9.17) is 0 Å². The number of Topliss-reactive ketones (excluding diaryl/α,β-unsaturated/α-hetero) is 1. The average Bonchev–Trinajstić information content (AvgIpc) is 2.52. The number of ketones is 1. The van der Waals surface area contributed by atoms with Crippen LogP contribution in [-0.4, -0.2) is 22.4 Å². The van der Waals surface area contributed by atoms with E-state index in [1.807, 2.05) is 0 Å². The normalized spacial score (nSPS) is 18.2. The first-order chi connectivity index (χ1) is 7.25. The second-order valence-electron chi connectivity index (χ2n) is 3.15. The fourth-order valence-electron chi connectivity index (χ4n) is 1.51. The molecule has 7 heteroatoms. The minimum absolute atomic E-state index is 0.155. The van der Waals surface area contributed by atoms with Crippen molar-refractivity contribution in [3.05, 3.63) is 24.1 Å². The summed E-state index contributed by atoms with van der Waals surface area (Å²) in [4.78, 5) is 19.1. The summed E-state index contributed by atoms with van der Waals surface area (Å²) >= 11 is 0. The van der Waals surface area contributed by atoms with Gasteiger partial charge in [0, 0.05) is 0 Å². The standard InChI is InChI=1S/C8H6N4O3/c13-5-2-15(14)8-6(5)12-7-4(11-8)1-9-3-10-7/h1,3,11H,2H2,(H,9,10,12). The number of nitrogens with one attached hydrogen (secondary N) is 2. The maximum Gasteiger partial charge on any atom is 0.375 e. The van der Waals surface area contributed by atoms with E-state index in [2.05, 4.69) is 20.6 Å². The molecule has 2 N–H and O–H groups in total. The van der Waals surface area contributed by atoms with E-state index < -0.39 is 0 Å². The summed E-state index contributed by atoms with van der Waals surface area (Å²) in [6, 6.07) is 0. The molecule has 0 spiro atoms. The van der Waals surface area contributed by atoms with Crippen LogP contribution in [0.2, 0.25) is 0 Å². The third kappa shape index (κ3) is 1.07. The SMILES string of the molecule is O=C1C[O+]([O-])C2=C1Nc1ncncc1N2. The molecule has 0 radical (unpaired) electrons. The quantitative estimate of drug-likeness (QED) is 0.413. The zero-order valence-electron chi connectivity index (χ0n) is 7.48. The van der Waals surface area contributed by atoms with Crippen LogP contribution in [0.4, 0.5) is 11.5 Å². The maximum atomic E-state index is 11.4. The van der Waals surface area contributed by atoms with Crippen LogP contribution >= 0.6 is 0 Å². The fraction of sp³-hybridized carbons (Fsp3) is 0.125. The predicted octanol–water partition coefficient (Wildman–Crippen LogP) is -1.11. The van der Waals surface area contributed by atoms with E-state index in [9.17, 15) is 10.1 Å². The monoisotopic (exact) mass is 206 g/mol. The van der Waals surface area contributed by atoms with Gasteiger partial charge in [-0.15, -0.1) is 0 Å². The van der Waals surface area contributed by atoms with Crippen molar-refractivity contribution < 1.29 is 14.6 Å². The van der Waals surface area contributed by atoms with Gasteiger partial charge in [0.15, 0.2) is 5.82 Å². The first-order valence-electron chi connectivity index (χ1n) is 4.25. The van der Waals surface area contributed by atoms with Crippen molar-refractivity contribution in [3.8, 4) is 0 Å². The zero-order valence-corrected chi connectivity index (χ0v) is 7.48. The number of carbonyl (C=O) groups is 1. The molecule has 0 bridgehead atoms. The van der Waals surface area contributed by atoms with Gasteiger partial charge in [-0.3, -0.25) is 10.1 Å². The third-order valence-corrected chi connectivity index (χ3v) is 2.20. The van der Waals surface area contributed by atoms with E-state index in [0.717, 1.165) is 0 Å². The van der Waals surface area contributed by atoms with Crippen molar-refractivity contribution in [2.45, 2.75) is 0 Å². The smallest absolute Gasteiger partial charge is 0.375 e. The summed E-state index contributed by atoms with van der Waals surface area (Å²) in [7, 11) is 0. The van der Waals surface area contributed by atoms with Gasteiger partial charge < -0.3 is 15.1 Å². The summed E-state index contributed by atoms with van der Waals surface area (Å²) in [6.45, 7) is -0.244. The molecule has 76 valence electrons. The summed E-state index contributed by atoms with van der Waals surface area (Å²) in [6.07, 6.45) is 2.89. The average molecular weight is 206 g/mol. The zero-order chi connectivity index (χ0) is 10.4. The van der Waals surface area contributed by atoms with Crippen molar-refractivity contribution in [1.82, 2.24) is 9.97 Å². The predicted molar refractivity (Wildman–Crippen MR) is 47.3 cm³/mol. The lowest BCUT2D eigenvalue weighted by molar-refractivity contribution is -0.769. The lowest BCUT2D eigenvalue weighted by atomic mass is 10.3. The van der Waals surface area contributed by atoms with Gasteiger partial charge in [-0.2, -0.15) is 0 Å². The molecule has 3 heterocycles. The highest BCUT2D eigenvalue weighted by Crippen LogP contribution is 2.31. The van der Waals surface area contributed by atoms with E-state index in [1.54, 1.807) is 0 Å². The van der Waals surface area contributed by atoms with Crippen LogP contribution in [0.1, 0.15) is 0 Å². The maximum absolute atomic E-state index is 11.4. The molecule has 7 nitrogen and oxygen atoms in total. The first kappa shape index (κ1) is 8.18. The molecule has 0 aromatic carbocycles. The Balaban J connectivity index is 2.07. The molecule has 1 aromatic heterocycles. The van der Waals surface area contributed by atoms with Crippen molar-refractivity contribution in [1.29, 1.82) is 0 Å². The number of rotatable bonds is 0. The Morgan fingerprint density at radius 2 is 2.33 bits per heavy atom. The molecule has 0 unspecified atom stereocenters. The lowest BCUT2D eigenvalue weighted by Crippen LogP contribution is -2.28. The molecule has 15 heavy (non-hydrogen) atoms. The van der Waals surface area contributed by atoms with Crippen molar-refractivity contribution in [2.75, 3.05) is 17.2 Å². The van der Waals surface area contributed by atoms with Crippen LogP contribution in [0.3, 0.4) is 0 Å². The van der Waals surface area contributed by atoms with Gasteiger partial charge in [0.05, 0.1) is 6.20 Å². The molecule has 0 aliphatic carbocycles. The number of hydrogen-bond donors (Lipinski definition) is 2. The molecular formula is C8H6N4O3. The summed E-state index contributed by atoms with van der Waals surface area (Å²) in [5.74, 6) is 0.372. The van der Waals surface area contributed by atoms with Crippen LogP contribution in [0, 0.1) is 0 Å². The summed E-state index contributed by atoms with van der Waals surface area (Å²) in [5.41, 5.74) is 0.806. The van der Waals surface area contributed by atoms with Gasteiger partial charge in [0.2, 0.25) is 5.70 Å². The second-order valence-corrected chi connectivity index (χ2v) is 3.15. The Kier molecular flexibility index (Phi) is 1.46. The number of hydrogen-bond acceptors (Lipinski definition) is 6. The van der Waals surface area contributed by atoms with Crippen LogP contribution < -0.4 is 15.9 Å². The Bertz CT molecular complexity index is 485. The minimum Gasteiger partial charge on any atom is -0.545 e. The molecule has 2 aliphatic rings. The first-order valence-corrected chi connectivity index (χ1v) is 4.25. The minimum atomic E-state index is -0.276. The molecule has 0 fully saturated rings. The molecule has 0 amide bonds. The second kappa shape index (κ2) is 2.67. The van der Waals surface area contributed by atoms with Gasteiger partial charge in [0.1, 0.15) is 12.0 Å². The van der Waals surface area contributed by atoms with Crippen LogP contribution in [0.5, 0.6) is 0 Å². The van der Waals surface area contributed by atoms with E-state index in [1.165, 1.54) is 17.0 Å². The molecule has 0 saturated heterocycles. The molecule has 1 aromatic rings. The fourth-order valence-corrected chi connectivity index (χ4v) is 1.51. The number of nitrogens with zero attached hydrogens (tertiary/aromatic N) is 2. The Morgan fingerprint density at radius 1 is 1.47 bits per heavy atom. The third-order valence-electron chi connectivity index (χ3n) is 2.20. The van der Waals surface area contributed by atoms with Gasteiger partial charge in [-0.1, -0.05) is 0 Å². The highest BCUT2D eigenvalue weighted by molar-refractivity contribution is 6.03. The molecule has 2 aliphatic heterocycles. The number of fused-ring (bicyclic) bond motifs is 1. The van der Waals surface area contributed by atoms with Crippen LogP contribution in [-0.2, 0) is 9.31 Å². The van der Waals surface area contributed by atoms with E-state index >= 15 is 0 Å². The van der Waals surface area contributed by atoms with E-state index in [0.29, 0.717) is 11.5 Å². The van der Waals surface area contributed by atoms with Gasteiger partial charge in [-0.25, -0.2) is 9.97 Å². The van der Waals surface area contributed by atoms with Crippen molar-refractivity contribution >= 4 is 17.3 Å². The van der Waals surface area contributed by atoms with Crippen molar-refractivity contribution in [3.63, 3.8) is 0 Å². The number of anilines is 2. The lowest BCUT2D eigenvalue weighted by Gasteiger charge is -2.24. The highest BCUT2D eigenvalue weighted by atomic mass is 17.2. The van der Waals surface area contributed by atoms with Gasteiger partial charge in [0.25, 0.3) is 12.4 Å². The highest BCUT2D eigenvalue weighted by Gasteiger charge is 2.38. The number of aromatic nitrogens is 2. The summed E-state index contributed by atoms with van der Waals surface area (Å²) < 4.78 is 1.42. The largest absolute Gasteiger partial charge is 0.545 e. The number of carbonyl (C=O) groups excluding carboxylic acids is 1. The van der Waals surface area contributed by atoms with Gasteiger partial charge >= 0.3 is 5.88 Å². The molecular weight excluding hydrogens is 200 g/mol. The Hall–Kier alpha value is -2.15. The molecule has 3 rings (SSSR count). The van der Waals surface area contributed by atoms with Gasteiger partial charge in [-0.05, 0) is 0 Å². The molecule has 0 atom stereocenters. The Morgan fingerprint density at radius 3 is 3.20 bits per heavy atom. The van der Waals surface area contributed by atoms with Crippen LogP contribution in [0.15, 0.2) is 24.1 Å². The van der Waals surface area contributed by atoms with E-state index in [-0.39, 0.29) is 24.0 Å². The molecule has 0 saturated carbocycles. The topological polar surface area (TPSA) is 92.7 Å². The summed E-state index contributed by atoms with van der Waals surface area (Å²) in [5, 5.41) is 16.8. The van der Waals surface area contributed by atoms with Crippen molar-refractivity contribution in [2.24, 2.45) is 0 Å². The van der Waals surface area contributed by atoms with Crippen LogP contribution in [0.25, 0.3) is 0 Å².